The third-order valence-electron chi connectivity index (χ3n) is 5.77. The van der Waals surface area contributed by atoms with Crippen molar-refractivity contribution in [1.29, 1.82) is 0 Å². The number of aryl methyl sites for hydroxylation is 2. The highest BCUT2D eigenvalue weighted by Gasteiger charge is 2.32. The molecule has 1 aliphatic heterocycles. The Kier molecular flexibility index (Phi) is 6.22. The maximum atomic E-state index is 13.0. The maximum absolute atomic E-state index is 13.0. The van der Waals surface area contributed by atoms with Gasteiger partial charge in [0.1, 0.15) is 5.01 Å². The minimum absolute atomic E-state index is 0.0646. The highest BCUT2D eigenvalue weighted by atomic mass is 32.2. The minimum atomic E-state index is -3.54. The van der Waals surface area contributed by atoms with Crippen LogP contribution in [0.1, 0.15) is 24.0 Å². The van der Waals surface area contributed by atoms with Crippen LogP contribution in [-0.4, -0.2) is 36.7 Å². The number of benzene rings is 2. The Morgan fingerprint density at radius 3 is 2.39 bits per heavy atom. The van der Waals surface area contributed by atoms with Gasteiger partial charge in [-0.05, 0) is 74.2 Å². The zero-order chi connectivity index (χ0) is 22.0. The topological polar surface area (TPSA) is 79.4 Å². The Morgan fingerprint density at radius 1 is 1.06 bits per heavy atom. The fourth-order valence-corrected chi connectivity index (χ4v) is 5.89. The first-order valence-corrected chi connectivity index (χ1v) is 12.5. The summed E-state index contributed by atoms with van der Waals surface area (Å²) >= 11 is 1.57. The van der Waals surface area contributed by atoms with Crippen molar-refractivity contribution >= 4 is 33.0 Å². The third-order valence-corrected chi connectivity index (χ3v) is 8.49. The molecule has 162 valence electrons. The van der Waals surface area contributed by atoms with Crippen LogP contribution in [0.5, 0.6) is 0 Å². The second-order valence-corrected chi connectivity index (χ2v) is 10.7. The second kappa shape index (κ2) is 8.90. The molecule has 0 atom stereocenters. The quantitative estimate of drug-likeness (QED) is 0.616. The molecule has 1 aliphatic rings. The molecule has 3 aromatic rings. The number of hydrogen-bond acceptors (Lipinski definition) is 5. The Labute approximate surface area is 187 Å². The fourth-order valence-electron chi connectivity index (χ4n) is 3.69. The first kappa shape index (κ1) is 21.7. The lowest BCUT2D eigenvalue weighted by molar-refractivity contribution is -0.120. The summed E-state index contributed by atoms with van der Waals surface area (Å²) in [6.45, 7) is 4.56. The fraction of sp³-hybridized carbons (Fsp3) is 0.304. The number of sulfonamides is 1. The van der Waals surface area contributed by atoms with E-state index in [1.54, 1.807) is 29.7 Å². The van der Waals surface area contributed by atoms with Crippen molar-refractivity contribution in [3.05, 3.63) is 65.2 Å². The number of amides is 1. The molecule has 8 heteroatoms. The molecule has 1 aromatic heterocycles. The number of anilines is 1. The van der Waals surface area contributed by atoms with Crippen LogP contribution in [0.25, 0.3) is 10.6 Å². The molecule has 2 aromatic carbocycles. The van der Waals surface area contributed by atoms with E-state index in [0.29, 0.717) is 30.8 Å². The summed E-state index contributed by atoms with van der Waals surface area (Å²) in [5.74, 6) is -0.268. The van der Waals surface area contributed by atoms with Gasteiger partial charge in [0.05, 0.1) is 4.90 Å². The van der Waals surface area contributed by atoms with Gasteiger partial charge in [-0.25, -0.2) is 13.4 Å². The van der Waals surface area contributed by atoms with Gasteiger partial charge in [0.15, 0.2) is 0 Å². The van der Waals surface area contributed by atoms with E-state index in [9.17, 15) is 13.2 Å². The monoisotopic (exact) mass is 455 g/mol. The predicted octanol–water partition coefficient (Wildman–Crippen LogP) is 4.47. The van der Waals surface area contributed by atoms with Gasteiger partial charge in [0.2, 0.25) is 15.9 Å². The number of carbonyl (C=O) groups excluding carboxylic acids is 1. The van der Waals surface area contributed by atoms with Crippen molar-refractivity contribution in [1.82, 2.24) is 9.29 Å². The highest BCUT2D eigenvalue weighted by molar-refractivity contribution is 7.89. The molecule has 4 rings (SSSR count). The summed E-state index contributed by atoms with van der Waals surface area (Å²) in [4.78, 5) is 17.3. The summed E-state index contributed by atoms with van der Waals surface area (Å²) < 4.78 is 27.4. The maximum Gasteiger partial charge on any atom is 0.243 e. The molecule has 31 heavy (non-hydrogen) atoms. The smallest absolute Gasteiger partial charge is 0.243 e. The van der Waals surface area contributed by atoms with Gasteiger partial charge < -0.3 is 5.32 Å². The van der Waals surface area contributed by atoms with E-state index in [4.69, 9.17) is 0 Å². The third kappa shape index (κ3) is 4.71. The van der Waals surface area contributed by atoms with Gasteiger partial charge >= 0.3 is 0 Å². The van der Waals surface area contributed by atoms with E-state index in [1.165, 1.54) is 4.31 Å². The number of carbonyl (C=O) groups is 1. The van der Waals surface area contributed by atoms with Crippen molar-refractivity contribution < 1.29 is 13.2 Å². The van der Waals surface area contributed by atoms with Crippen LogP contribution in [0.15, 0.2) is 58.9 Å². The van der Waals surface area contributed by atoms with Crippen molar-refractivity contribution in [2.24, 2.45) is 5.92 Å². The molecule has 1 saturated heterocycles. The number of rotatable bonds is 5. The van der Waals surface area contributed by atoms with Crippen LogP contribution in [0.2, 0.25) is 0 Å². The number of hydrogen-bond donors (Lipinski definition) is 1. The molecule has 6 nitrogen and oxygen atoms in total. The average molecular weight is 456 g/mol. The summed E-state index contributed by atoms with van der Waals surface area (Å²) in [5.41, 5.74) is 3.76. The van der Waals surface area contributed by atoms with Crippen LogP contribution in [0.4, 0.5) is 5.69 Å². The molecule has 2 heterocycles. The second-order valence-electron chi connectivity index (χ2n) is 7.83. The molecule has 0 spiro atoms. The molecule has 0 aliphatic carbocycles. The summed E-state index contributed by atoms with van der Waals surface area (Å²) in [7, 11) is -3.54. The molecule has 0 unspecified atom stereocenters. The van der Waals surface area contributed by atoms with E-state index >= 15 is 0 Å². The van der Waals surface area contributed by atoms with Crippen LogP contribution in [0, 0.1) is 19.8 Å². The van der Waals surface area contributed by atoms with Gasteiger partial charge in [-0.1, -0.05) is 6.07 Å². The standard InChI is InChI=1S/C23H25N3O3S2/c1-16-3-8-21(15-17(16)2)31(28,29)26-12-9-18(10-13-26)22(27)25-20-6-4-19(5-7-20)23-24-11-14-30-23/h3-8,11,14-15,18H,9-10,12-13H2,1-2H3,(H,25,27). The van der Waals surface area contributed by atoms with E-state index in [-0.39, 0.29) is 11.8 Å². The first-order valence-electron chi connectivity index (χ1n) is 10.2. The van der Waals surface area contributed by atoms with Crippen LogP contribution < -0.4 is 5.32 Å². The molecular weight excluding hydrogens is 430 g/mol. The summed E-state index contributed by atoms with van der Waals surface area (Å²) in [5, 5.41) is 5.83. The van der Waals surface area contributed by atoms with Gasteiger partial charge in [-0.2, -0.15) is 4.31 Å². The molecule has 1 fully saturated rings. The van der Waals surface area contributed by atoms with Crippen LogP contribution in [-0.2, 0) is 14.8 Å². The van der Waals surface area contributed by atoms with Gasteiger partial charge in [-0.15, -0.1) is 11.3 Å². The normalized spacial score (nSPS) is 15.7. The van der Waals surface area contributed by atoms with Crippen molar-refractivity contribution in [3.63, 3.8) is 0 Å². The van der Waals surface area contributed by atoms with Crippen LogP contribution >= 0.6 is 11.3 Å². The molecule has 1 N–H and O–H groups in total. The summed E-state index contributed by atoms with van der Waals surface area (Å²) in [6.07, 6.45) is 2.78. The van der Waals surface area contributed by atoms with Gasteiger partial charge in [0, 0.05) is 41.8 Å². The number of aromatic nitrogens is 1. The molecular formula is C23H25N3O3S2. The van der Waals surface area contributed by atoms with Crippen LogP contribution in [0.3, 0.4) is 0 Å². The van der Waals surface area contributed by atoms with Crippen molar-refractivity contribution in [2.45, 2.75) is 31.6 Å². The largest absolute Gasteiger partial charge is 0.326 e. The Morgan fingerprint density at radius 2 is 1.77 bits per heavy atom. The molecule has 0 saturated carbocycles. The molecule has 0 radical (unpaired) electrons. The summed E-state index contributed by atoms with van der Waals surface area (Å²) in [6, 6.07) is 12.8. The number of piperidine rings is 1. The number of nitrogens with one attached hydrogen (secondary N) is 1. The number of nitrogens with zero attached hydrogens (tertiary/aromatic N) is 2. The predicted molar refractivity (Wildman–Crippen MR) is 124 cm³/mol. The lowest BCUT2D eigenvalue weighted by Crippen LogP contribution is -2.41. The Hall–Kier alpha value is -2.55. The van der Waals surface area contributed by atoms with Gasteiger partial charge in [-0.3, -0.25) is 4.79 Å². The van der Waals surface area contributed by atoms with Crippen molar-refractivity contribution in [3.8, 4) is 10.6 Å². The van der Waals surface area contributed by atoms with Gasteiger partial charge in [0.25, 0.3) is 0 Å². The van der Waals surface area contributed by atoms with E-state index in [0.717, 1.165) is 27.4 Å². The Bertz CT molecular complexity index is 1170. The molecule has 0 bridgehead atoms. The molecule has 1 amide bonds. The SMILES string of the molecule is Cc1ccc(S(=O)(=O)N2CCC(C(=O)Nc3ccc(-c4nccs4)cc3)CC2)cc1C. The zero-order valence-corrected chi connectivity index (χ0v) is 19.2. The lowest BCUT2D eigenvalue weighted by atomic mass is 9.97. The zero-order valence-electron chi connectivity index (χ0n) is 17.5. The average Bonchev–Trinajstić information content (AvgIpc) is 3.31. The van der Waals surface area contributed by atoms with E-state index in [2.05, 4.69) is 10.3 Å². The highest BCUT2D eigenvalue weighted by Crippen LogP contribution is 2.27. The first-order chi connectivity index (χ1) is 14.8. The van der Waals surface area contributed by atoms with E-state index < -0.39 is 10.0 Å². The van der Waals surface area contributed by atoms with Crippen molar-refractivity contribution in [2.75, 3.05) is 18.4 Å². The Balaban J connectivity index is 1.36. The lowest BCUT2D eigenvalue weighted by Gasteiger charge is -2.30. The minimum Gasteiger partial charge on any atom is -0.326 e. The van der Waals surface area contributed by atoms with E-state index in [1.807, 2.05) is 49.6 Å². The number of thiazole rings is 1.